The van der Waals surface area contributed by atoms with Crippen molar-refractivity contribution < 1.29 is 23.2 Å². The average molecular weight is 439 g/mol. The van der Waals surface area contributed by atoms with E-state index in [-0.39, 0.29) is 30.3 Å². The molecule has 0 aromatic heterocycles. The van der Waals surface area contributed by atoms with Gasteiger partial charge in [-0.15, -0.1) is 0 Å². The van der Waals surface area contributed by atoms with Crippen molar-refractivity contribution in [2.75, 3.05) is 45.7 Å². The van der Waals surface area contributed by atoms with E-state index in [1.807, 2.05) is 11.0 Å². The Morgan fingerprint density at radius 3 is 2.53 bits per heavy atom. The van der Waals surface area contributed by atoms with Crippen molar-refractivity contribution in [1.82, 2.24) is 9.62 Å². The molecular weight excluding hydrogens is 412 g/mol. The van der Waals surface area contributed by atoms with E-state index in [4.69, 9.17) is 4.74 Å². The highest BCUT2D eigenvalue weighted by Crippen LogP contribution is 2.27. The normalized spacial score (nSPS) is 12.5. The van der Waals surface area contributed by atoms with Gasteiger partial charge >= 0.3 is 0 Å². The first kappa shape index (κ1) is 23.5. The highest BCUT2D eigenvalue weighted by molar-refractivity contribution is 7.89. The van der Waals surface area contributed by atoms with Gasteiger partial charge in [-0.05, 0) is 38.4 Å². The topological polar surface area (TPSA) is 134 Å². The summed E-state index contributed by atoms with van der Waals surface area (Å²) in [6.07, 6.45) is -0.930. The molecule has 164 valence electrons. The minimum Gasteiger partial charge on any atom is -0.491 e. The fourth-order valence-corrected chi connectivity index (χ4v) is 3.50. The first-order valence-corrected chi connectivity index (χ1v) is 10.7. The minimum absolute atomic E-state index is 0.00688. The van der Waals surface area contributed by atoms with Gasteiger partial charge in [0.2, 0.25) is 10.0 Å². The summed E-state index contributed by atoms with van der Waals surface area (Å²) in [5.41, 5.74) is -0.298. The molecule has 0 saturated carbocycles. The fourth-order valence-electron chi connectivity index (χ4n) is 2.46. The van der Waals surface area contributed by atoms with Crippen LogP contribution in [-0.2, 0) is 10.0 Å². The predicted octanol–water partition coefficient (Wildman–Crippen LogP) is 1.29. The van der Waals surface area contributed by atoms with Crippen LogP contribution >= 0.6 is 0 Å². The van der Waals surface area contributed by atoms with Crippen molar-refractivity contribution in [3.8, 4) is 5.75 Å². The lowest BCUT2D eigenvalue weighted by Crippen LogP contribution is -2.31. The molecule has 2 rings (SSSR count). The lowest BCUT2D eigenvalue weighted by Gasteiger charge is -2.15. The largest absolute Gasteiger partial charge is 0.491 e. The third-order valence-corrected chi connectivity index (χ3v) is 5.50. The van der Waals surface area contributed by atoms with E-state index in [1.54, 1.807) is 38.4 Å². The number of hydrogen-bond donors (Lipinski definition) is 3. The van der Waals surface area contributed by atoms with Crippen molar-refractivity contribution in [3.63, 3.8) is 0 Å². The second kappa shape index (κ2) is 10.9. The summed E-state index contributed by atoms with van der Waals surface area (Å²) in [5.74, 6) is 0.596. The van der Waals surface area contributed by atoms with Gasteiger partial charge in [0.15, 0.2) is 0 Å². The molecule has 0 amide bonds. The van der Waals surface area contributed by atoms with E-state index in [2.05, 4.69) is 10.0 Å². The molecule has 0 heterocycles. The molecule has 1 atom stereocenters. The number of rotatable bonds is 12. The van der Waals surface area contributed by atoms with Gasteiger partial charge in [0, 0.05) is 25.7 Å². The first-order valence-electron chi connectivity index (χ1n) is 9.21. The van der Waals surface area contributed by atoms with E-state index in [1.165, 1.54) is 12.1 Å². The van der Waals surface area contributed by atoms with Crippen molar-refractivity contribution in [2.45, 2.75) is 11.0 Å². The zero-order chi connectivity index (χ0) is 22.1. The summed E-state index contributed by atoms with van der Waals surface area (Å²) >= 11 is 0. The molecule has 0 bridgehead atoms. The van der Waals surface area contributed by atoms with E-state index in [0.717, 1.165) is 6.07 Å². The standard InChI is InChI=1S/C19H26N4O6S/c1-22(2)11-10-21-30(27,28)17-8-9-18(19(12-17)23(25)26)20-13-15(24)14-29-16-6-4-3-5-7-16/h3-9,12,15,20-21,24H,10-11,13-14H2,1-2H3. The number of aliphatic hydroxyl groups excluding tert-OH is 1. The molecule has 0 radical (unpaired) electrons. The third kappa shape index (κ3) is 7.26. The summed E-state index contributed by atoms with van der Waals surface area (Å²) < 4.78 is 32.6. The zero-order valence-corrected chi connectivity index (χ0v) is 17.6. The predicted molar refractivity (Wildman–Crippen MR) is 113 cm³/mol. The second-order valence-corrected chi connectivity index (χ2v) is 8.56. The number of anilines is 1. The van der Waals surface area contributed by atoms with Crippen LogP contribution in [0.15, 0.2) is 53.4 Å². The maximum atomic E-state index is 12.4. The molecule has 0 aliphatic carbocycles. The first-order chi connectivity index (χ1) is 14.2. The van der Waals surface area contributed by atoms with Crippen LogP contribution in [0.2, 0.25) is 0 Å². The summed E-state index contributed by atoms with van der Waals surface area (Å²) in [6, 6.07) is 12.5. The molecular formula is C19H26N4O6S. The highest BCUT2D eigenvalue weighted by atomic mass is 32.2. The average Bonchev–Trinajstić information content (AvgIpc) is 2.70. The summed E-state index contributed by atoms with van der Waals surface area (Å²) in [7, 11) is -0.269. The van der Waals surface area contributed by atoms with Crippen LogP contribution in [0.5, 0.6) is 5.75 Å². The van der Waals surface area contributed by atoms with Gasteiger partial charge in [-0.1, -0.05) is 18.2 Å². The molecule has 0 spiro atoms. The third-order valence-electron chi connectivity index (χ3n) is 4.04. The number of benzene rings is 2. The lowest BCUT2D eigenvalue weighted by molar-refractivity contribution is -0.384. The molecule has 0 aliphatic rings. The quantitative estimate of drug-likeness (QED) is 0.333. The summed E-state index contributed by atoms with van der Waals surface area (Å²) in [4.78, 5) is 12.4. The number of nitro groups is 1. The number of aliphatic hydroxyl groups is 1. The van der Waals surface area contributed by atoms with Gasteiger partial charge in [-0.2, -0.15) is 0 Å². The number of sulfonamides is 1. The smallest absolute Gasteiger partial charge is 0.293 e. The monoisotopic (exact) mass is 438 g/mol. The summed E-state index contributed by atoms with van der Waals surface area (Å²) in [5, 5.41) is 24.2. The highest BCUT2D eigenvalue weighted by Gasteiger charge is 2.21. The number of para-hydroxylation sites is 1. The number of nitrogens with zero attached hydrogens (tertiary/aromatic N) is 2. The van der Waals surface area contributed by atoms with Crippen molar-refractivity contribution in [2.24, 2.45) is 0 Å². The SMILES string of the molecule is CN(C)CCNS(=O)(=O)c1ccc(NCC(O)COc2ccccc2)c([N+](=O)[O-])c1. The number of nitrogens with one attached hydrogen (secondary N) is 2. The Morgan fingerprint density at radius 2 is 1.90 bits per heavy atom. The van der Waals surface area contributed by atoms with E-state index < -0.39 is 26.7 Å². The van der Waals surface area contributed by atoms with Crippen molar-refractivity contribution >= 4 is 21.4 Å². The molecule has 10 nitrogen and oxygen atoms in total. The number of hydrogen-bond acceptors (Lipinski definition) is 8. The molecule has 0 fully saturated rings. The maximum Gasteiger partial charge on any atom is 0.293 e. The van der Waals surface area contributed by atoms with E-state index in [0.29, 0.717) is 12.3 Å². The number of ether oxygens (including phenoxy) is 1. The Hall–Kier alpha value is -2.73. The van der Waals surface area contributed by atoms with Gasteiger partial charge in [0.05, 0.1) is 9.82 Å². The van der Waals surface area contributed by atoms with Crippen LogP contribution in [0.3, 0.4) is 0 Å². The Kier molecular flexibility index (Phi) is 8.54. The second-order valence-electron chi connectivity index (χ2n) is 6.80. The van der Waals surface area contributed by atoms with Gasteiger partial charge in [-0.25, -0.2) is 13.1 Å². The van der Waals surface area contributed by atoms with Crippen LogP contribution in [0, 0.1) is 10.1 Å². The van der Waals surface area contributed by atoms with Crippen LogP contribution < -0.4 is 14.8 Å². The molecule has 0 saturated heterocycles. The van der Waals surface area contributed by atoms with Crippen LogP contribution in [0.4, 0.5) is 11.4 Å². The van der Waals surface area contributed by atoms with Crippen molar-refractivity contribution in [3.05, 3.63) is 58.6 Å². The van der Waals surface area contributed by atoms with Gasteiger partial charge in [0.25, 0.3) is 5.69 Å². The molecule has 11 heteroatoms. The molecule has 3 N–H and O–H groups in total. The van der Waals surface area contributed by atoms with Gasteiger partial charge in [0.1, 0.15) is 24.1 Å². The molecule has 1 unspecified atom stereocenters. The van der Waals surface area contributed by atoms with Crippen LogP contribution in [0.1, 0.15) is 0 Å². The zero-order valence-electron chi connectivity index (χ0n) is 16.8. The minimum atomic E-state index is -3.88. The van der Waals surface area contributed by atoms with E-state index >= 15 is 0 Å². The molecule has 30 heavy (non-hydrogen) atoms. The van der Waals surface area contributed by atoms with Gasteiger partial charge in [-0.3, -0.25) is 10.1 Å². The Labute approximate surface area is 175 Å². The Bertz CT molecular complexity index is 937. The number of nitro benzene ring substituents is 1. The fraction of sp³-hybridized carbons (Fsp3) is 0.368. The molecule has 0 aliphatic heterocycles. The summed E-state index contributed by atoms with van der Waals surface area (Å²) in [6.45, 7) is 0.647. The van der Waals surface area contributed by atoms with Gasteiger partial charge < -0.3 is 20.1 Å². The maximum absolute atomic E-state index is 12.4. The lowest BCUT2D eigenvalue weighted by atomic mass is 10.2. The Balaban J connectivity index is 2.01. The van der Waals surface area contributed by atoms with Crippen molar-refractivity contribution in [1.29, 1.82) is 0 Å². The van der Waals surface area contributed by atoms with E-state index in [9.17, 15) is 23.6 Å². The van der Waals surface area contributed by atoms with Crippen LogP contribution in [0.25, 0.3) is 0 Å². The molecule has 2 aromatic rings. The van der Waals surface area contributed by atoms with Crippen LogP contribution in [-0.4, -0.2) is 69.8 Å². The Morgan fingerprint density at radius 1 is 1.20 bits per heavy atom. The number of likely N-dealkylation sites (N-methyl/N-ethyl adjacent to an activating group) is 1. The molecule has 2 aromatic carbocycles.